The van der Waals surface area contributed by atoms with Crippen LogP contribution in [0.1, 0.15) is 41.6 Å². The van der Waals surface area contributed by atoms with Gasteiger partial charge in [-0.15, -0.1) is 0 Å². The fourth-order valence-electron chi connectivity index (χ4n) is 5.83. The summed E-state index contributed by atoms with van der Waals surface area (Å²) in [6.45, 7) is 6.13. The van der Waals surface area contributed by atoms with Crippen LogP contribution in [0.15, 0.2) is 18.2 Å². The monoisotopic (exact) mass is 385 g/mol. The number of benzene rings is 1. The molecule has 154 valence electrons. The highest BCUT2D eigenvalue weighted by Crippen LogP contribution is 2.41. The zero-order valence-corrected chi connectivity index (χ0v) is 17.9. The quantitative estimate of drug-likeness (QED) is 0.799. The van der Waals surface area contributed by atoms with Crippen LogP contribution in [0.25, 0.3) is 0 Å². The van der Waals surface area contributed by atoms with Crippen LogP contribution < -0.4 is 4.74 Å². The van der Waals surface area contributed by atoms with Crippen molar-refractivity contribution in [1.29, 1.82) is 0 Å². The number of amides is 1. The highest BCUT2D eigenvalue weighted by Gasteiger charge is 2.47. The largest absolute Gasteiger partial charge is 0.496 e. The molecule has 4 rings (SSSR count). The fourth-order valence-corrected chi connectivity index (χ4v) is 5.83. The minimum atomic E-state index is 0.167. The van der Waals surface area contributed by atoms with Gasteiger partial charge < -0.3 is 14.5 Å². The van der Waals surface area contributed by atoms with Crippen molar-refractivity contribution < 1.29 is 9.53 Å². The second-order valence-electron chi connectivity index (χ2n) is 9.28. The van der Waals surface area contributed by atoms with Gasteiger partial charge in [0.25, 0.3) is 5.91 Å². The van der Waals surface area contributed by atoms with Gasteiger partial charge in [0, 0.05) is 37.3 Å². The van der Waals surface area contributed by atoms with Gasteiger partial charge in [0.2, 0.25) is 0 Å². The first-order valence-electron chi connectivity index (χ1n) is 10.8. The number of likely N-dealkylation sites (N-methyl/N-ethyl adjacent to an activating group) is 1. The molecule has 0 unspecified atom stereocenters. The maximum Gasteiger partial charge on any atom is 0.254 e. The number of piperidine rings is 3. The summed E-state index contributed by atoms with van der Waals surface area (Å²) < 4.78 is 5.45. The minimum absolute atomic E-state index is 0.167. The number of hydrogen-bond acceptors (Lipinski definition) is 4. The number of fused-ring (bicyclic) bond motifs is 4. The predicted molar refractivity (Wildman–Crippen MR) is 112 cm³/mol. The van der Waals surface area contributed by atoms with E-state index in [0.29, 0.717) is 23.9 Å². The number of nitrogens with zero attached hydrogens (tertiary/aromatic N) is 3. The van der Waals surface area contributed by atoms with Crippen molar-refractivity contribution in [2.24, 2.45) is 11.8 Å². The lowest BCUT2D eigenvalue weighted by Crippen LogP contribution is -2.65. The molecule has 0 spiro atoms. The Hall–Kier alpha value is -1.59. The van der Waals surface area contributed by atoms with E-state index in [1.165, 1.54) is 32.2 Å². The van der Waals surface area contributed by atoms with Crippen molar-refractivity contribution in [3.8, 4) is 5.75 Å². The van der Waals surface area contributed by atoms with Crippen LogP contribution in [-0.2, 0) is 0 Å². The predicted octanol–water partition coefficient (Wildman–Crippen LogP) is 2.88. The summed E-state index contributed by atoms with van der Waals surface area (Å²) >= 11 is 0. The lowest BCUT2D eigenvalue weighted by Gasteiger charge is -2.57. The zero-order valence-electron chi connectivity index (χ0n) is 17.9. The van der Waals surface area contributed by atoms with Gasteiger partial charge in [0.05, 0.1) is 7.11 Å². The number of aryl methyl sites for hydroxylation is 1. The van der Waals surface area contributed by atoms with E-state index in [4.69, 9.17) is 4.74 Å². The lowest BCUT2D eigenvalue weighted by atomic mass is 9.72. The summed E-state index contributed by atoms with van der Waals surface area (Å²) in [5.74, 6) is 2.16. The molecule has 0 N–H and O–H groups in total. The number of likely N-dealkylation sites (tertiary alicyclic amines) is 1. The summed E-state index contributed by atoms with van der Waals surface area (Å²) in [6, 6.07) is 7.08. The Morgan fingerprint density at radius 1 is 1.21 bits per heavy atom. The Kier molecular flexibility index (Phi) is 5.66. The van der Waals surface area contributed by atoms with Crippen LogP contribution in [-0.4, -0.2) is 80.1 Å². The van der Waals surface area contributed by atoms with E-state index in [1.807, 2.05) is 25.1 Å². The third-order valence-electron chi connectivity index (χ3n) is 7.12. The average molecular weight is 386 g/mol. The number of rotatable bonds is 4. The van der Waals surface area contributed by atoms with Gasteiger partial charge in [-0.05, 0) is 76.4 Å². The maximum absolute atomic E-state index is 13.3. The summed E-state index contributed by atoms with van der Waals surface area (Å²) in [6.07, 6.45) is 5.23. The molecule has 5 nitrogen and oxygen atoms in total. The van der Waals surface area contributed by atoms with E-state index in [1.54, 1.807) is 7.11 Å². The highest BCUT2D eigenvalue weighted by molar-refractivity contribution is 5.94. The summed E-state index contributed by atoms with van der Waals surface area (Å²) in [4.78, 5) is 20.6. The van der Waals surface area contributed by atoms with Crippen LogP contribution in [0, 0.1) is 18.8 Å². The summed E-state index contributed by atoms with van der Waals surface area (Å²) in [5.41, 5.74) is 1.82. The maximum atomic E-state index is 13.3. The molecule has 3 heterocycles. The van der Waals surface area contributed by atoms with E-state index in [0.717, 1.165) is 36.5 Å². The van der Waals surface area contributed by atoms with Crippen molar-refractivity contribution in [2.45, 2.75) is 44.7 Å². The number of carbonyl (C=O) groups excluding carboxylic acids is 1. The molecule has 1 aromatic rings. The molecule has 5 heteroatoms. The molecule has 28 heavy (non-hydrogen) atoms. The molecule has 3 aliphatic heterocycles. The molecule has 0 radical (unpaired) electrons. The molecule has 4 atom stereocenters. The SMILES string of the molecule is COc1cc(C(=O)N2C[C@H]3C[C@@H](C2)[C@H](CN(C)C)N2CCCC[C@@H]32)ccc1C. The van der Waals surface area contributed by atoms with Gasteiger partial charge >= 0.3 is 0 Å². The van der Waals surface area contributed by atoms with E-state index in [2.05, 4.69) is 28.8 Å². The van der Waals surface area contributed by atoms with Crippen molar-refractivity contribution in [3.05, 3.63) is 29.3 Å². The molecule has 0 saturated carbocycles. The zero-order chi connectivity index (χ0) is 19.8. The molecule has 0 aliphatic carbocycles. The molecule has 1 amide bonds. The van der Waals surface area contributed by atoms with Gasteiger partial charge in [-0.2, -0.15) is 0 Å². The van der Waals surface area contributed by atoms with Gasteiger partial charge in [0.1, 0.15) is 5.75 Å². The first-order chi connectivity index (χ1) is 13.5. The lowest BCUT2D eigenvalue weighted by molar-refractivity contribution is -0.0702. The summed E-state index contributed by atoms with van der Waals surface area (Å²) in [5, 5.41) is 0. The van der Waals surface area contributed by atoms with Crippen molar-refractivity contribution >= 4 is 5.91 Å². The van der Waals surface area contributed by atoms with E-state index in [9.17, 15) is 4.79 Å². The first-order valence-corrected chi connectivity index (χ1v) is 10.8. The molecule has 3 fully saturated rings. The number of carbonyl (C=O) groups is 1. The second kappa shape index (κ2) is 8.03. The highest BCUT2D eigenvalue weighted by atomic mass is 16.5. The van der Waals surface area contributed by atoms with Crippen LogP contribution in [0.4, 0.5) is 0 Å². The van der Waals surface area contributed by atoms with Crippen LogP contribution in [0.2, 0.25) is 0 Å². The molecule has 1 aromatic carbocycles. The van der Waals surface area contributed by atoms with Crippen molar-refractivity contribution in [1.82, 2.24) is 14.7 Å². The average Bonchev–Trinajstić information content (AvgIpc) is 2.70. The standard InChI is InChI=1S/C23H35N3O2/c1-16-8-9-17(12-22(16)28-4)23(27)25-13-18-11-19(14-25)21(15-24(2)3)26-10-6-5-7-20(18)26/h8-9,12,18-21H,5-7,10-11,13-15H2,1-4H3/t18-,19+,20+,21+/m1/s1. The molecular formula is C23H35N3O2. The normalized spacial score (nSPS) is 30.2. The minimum Gasteiger partial charge on any atom is -0.496 e. The molecule has 2 bridgehead atoms. The van der Waals surface area contributed by atoms with Gasteiger partial charge in [-0.1, -0.05) is 12.5 Å². The van der Waals surface area contributed by atoms with Crippen LogP contribution in [0.5, 0.6) is 5.75 Å². The Morgan fingerprint density at radius 2 is 2.00 bits per heavy atom. The third-order valence-corrected chi connectivity index (χ3v) is 7.12. The second-order valence-corrected chi connectivity index (χ2v) is 9.28. The smallest absolute Gasteiger partial charge is 0.254 e. The first kappa shape index (κ1) is 19.7. The van der Waals surface area contributed by atoms with E-state index in [-0.39, 0.29) is 5.91 Å². The van der Waals surface area contributed by atoms with Crippen LogP contribution in [0.3, 0.4) is 0 Å². The topological polar surface area (TPSA) is 36.0 Å². The van der Waals surface area contributed by atoms with Crippen molar-refractivity contribution in [3.63, 3.8) is 0 Å². The third kappa shape index (κ3) is 3.67. The van der Waals surface area contributed by atoms with Crippen molar-refractivity contribution in [2.75, 3.05) is 47.4 Å². The van der Waals surface area contributed by atoms with Gasteiger partial charge in [-0.3, -0.25) is 9.69 Å². The summed E-state index contributed by atoms with van der Waals surface area (Å²) in [7, 11) is 6.02. The van der Waals surface area contributed by atoms with E-state index >= 15 is 0 Å². The number of methoxy groups -OCH3 is 1. The molecule has 3 aliphatic rings. The fraction of sp³-hybridized carbons (Fsp3) is 0.696. The van der Waals surface area contributed by atoms with Gasteiger partial charge in [0.15, 0.2) is 0 Å². The Labute approximate surface area is 169 Å². The van der Waals surface area contributed by atoms with Crippen LogP contribution >= 0.6 is 0 Å². The Balaban J connectivity index is 1.57. The number of ether oxygens (including phenoxy) is 1. The Morgan fingerprint density at radius 3 is 2.75 bits per heavy atom. The van der Waals surface area contributed by atoms with E-state index < -0.39 is 0 Å². The molecule has 0 aromatic heterocycles. The molecule has 3 saturated heterocycles. The molecular weight excluding hydrogens is 350 g/mol. The Bertz CT molecular complexity index is 720. The van der Waals surface area contributed by atoms with Gasteiger partial charge in [-0.25, -0.2) is 0 Å². The number of hydrogen-bond donors (Lipinski definition) is 0.